The monoisotopic (exact) mass is 247 g/mol. The normalized spacial score (nSPS) is 12.6. The molecule has 88 valence electrons. The van der Waals surface area contributed by atoms with Crippen LogP contribution in [-0.2, 0) is 0 Å². The number of para-hydroxylation sites is 1. The summed E-state index contributed by atoms with van der Waals surface area (Å²) in [5, 5.41) is 2.30. The van der Waals surface area contributed by atoms with E-state index in [-0.39, 0.29) is 18.4 Å². The molecule has 0 saturated carbocycles. The lowest BCUT2D eigenvalue weighted by atomic mass is 10.1. The molecule has 0 unspecified atom stereocenters. The zero-order valence-corrected chi connectivity index (χ0v) is 10.3. The summed E-state index contributed by atoms with van der Waals surface area (Å²) in [6, 6.07) is 14.3. The smallest absolute Gasteiger partial charge is 0.135 e. The van der Waals surface area contributed by atoms with Gasteiger partial charge in [-0.1, -0.05) is 24.3 Å². The van der Waals surface area contributed by atoms with Gasteiger partial charge in [-0.25, -0.2) is 0 Å². The van der Waals surface area contributed by atoms with Crippen LogP contribution in [0, 0.1) is 0 Å². The Bertz CT molecular complexity index is 657. The zero-order chi connectivity index (χ0) is 11.1. The van der Waals surface area contributed by atoms with Crippen LogP contribution in [0.2, 0.25) is 0 Å². The van der Waals surface area contributed by atoms with Crippen molar-refractivity contribution in [3.8, 4) is 0 Å². The van der Waals surface area contributed by atoms with Crippen molar-refractivity contribution >= 4 is 34.3 Å². The van der Waals surface area contributed by atoms with Gasteiger partial charge in [0.05, 0.1) is 0 Å². The van der Waals surface area contributed by atoms with Gasteiger partial charge in [0.15, 0.2) is 0 Å². The van der Waals surface area contributed by atoms with Gasteiger partial charge in [-0.3, -0.25) is 0 Å². The highest BCUT2D eigenvalue weighted by Crippen LogP contribution is 2.30. The summed E-state index contributed by atoms with van der Waals surface area (Å²) < 4.78 is 5.75. The van der Waals surface area contributed by atoms with Crippen LogP contribution >= 0.6 is 12.4 Å². The van der Waals surface area contributed by atoms with Crippen molar-refractivity contribution in [3.63, 3.8) is 0 Å². The average molecular weight is 248 g/mol. The fraction of sp³-hybridized carbons (Fsp3) is 0.143. The van der Waals surface area contributed by atoms with Crippen molar-refractivity contribution in [2.45, 2.75) is 13.0 Å². The number of nitrogens with two attached hydrogens (primary N) is 1. The molecule has 2 N–H and O–H groups in total. The lowest BCUT2D eigenvalue weighted by molar-refractivity contribution is 0.668. The van der Waals surface area contributed by atoms with Crippen LogP contribution in [-0.4, -0.2) is 0 Å². The van der Waals surface area contributed by atoms with Gasteiger partial charge in [0.2, 0.25) is 0 Å². The molecule has 2 nitrogen and oxygen atoms in total. The molecule has 0 fully saturated rings. The molecular formula is C14H14ClNO. The molecule has 17 heavy (non-hydrogen) atoms. The van der Waals surface area contributed by atoms with Crippen LogP contribution in [0.25, 0.3) is 21.9 Å². The third-order valence-electron chi connectivity index (χ3n) is 2.93. The second kappa shape index (κ2) is 4.40. The van der Waals surface area contributed by atoms with Gasteiger partial charge in [0.1, 0.15) is 11.2 Å². The first-order valence-corrected chi connectivity index (χ1v) is 5.42. The molecule has 1 heterocycles. The summed E-state index contributed by atoms with van der Waals surface area (Å²) in [4.78, 5) is 0. The molecule has 0 spiro atoms. The van der Waals surface area contributed by atoms with Crippen LogP contribution in [0.4, 0.5) is 0 Å². The summed E-state index contributed by atoms with van der Waals surface area (Å²) in [6.45, 7) is 1.99. The first-order chi connectivity index (χ1) is 7.75. The molecule has 0 aliphatic rings. The third-order valence-corrected chi connectivity index (χ3v) is 2.93. The van der Waals surface area contributed by atoms with E-state index >= 15 is 0 Å². The van der Waals surface area contributed by atoms with Crippen molar-refractivity contribution in [1.82, 2.24) is 0 Å². The molecule has 2 aromatic carbocycles. The molecule has 0 aliphatic heterocycles. The van der Waals surface area contributed by atoms with Gasteiger partial charge in [-0.05, 0) is 30.7 Å². The molecule has 0 saturated heterocycles. The topological polar surface area (TPSA) is 39.2 Å². The lowest BCUT2D eigenvalue weighted by Crippen LogP contribution is -2.04. The van der Waals surface area contributed by atoms with Crippen LogP contribution < -0.4 is 5.73 Å². The lowest BCUT2D eigenvalue weighted by Gasteiger charge is -2.04. The van der Waals surface area contributed by atoms with Crippen LogP contribution in [0.3, 0.4) is 0 Å². The summed E-state index contributed by atoms with van der Waals surface area (Å²) in [5.74, 6) is 0. The van der Waals surface area contributed by atoms with E-state index in [1.54, 1.807) is 0 Å². The highest BCUT2D eigenvalue weighted by Gasteiger charge is 2.07. The fourth-order valence-corrected chi connectivity index (χ4v) is 2.03. The van der Waals surface area contributed by atoms with Gasteiger partial charge in [-0.15, -0.1) is 12.4 Å². The van der Waals surface area contributed by atoms with E-state index in [1.165, 1.54) is 0 Å². The van der Waals surface area contributed by atoms with E-state index in [0.29, 0.717) is 0 Å². The zero-order valence-electron chi connectivity index (χ0n) is 9.51. The SMILES string of the molecule is C[C@@H](N)c1ccc2oc3ccccc3c2c1.Cl. The number of fused-ring (bicyclic) bond motifs is 3. The quantitative estimate of drug-likeness (QED) is 0.705. The summed E-state index contributed by atoms with van der Waals surface area (Å²) in [7, 11) is 0. The second-order valence-corrected chi connectivity index (χ2v) is 4.14. The Morgan fingerprint density at radius 1 is 1.00 bits per heavy atom. The second-order valence-electron chi connectivity index (χ2n) is 4.14. The minimum atomic E-state index is 0. The Balaban J connectivity index is 0.00000108. The molecule has 1 atom stereocenters. The van der Waals surface area contributed by atoms with Crippen molar-refractivity contribution in [2.24, 2.45) is 5.73 Å². The number of hydrogen-bond acceptors (Lipinski definition) is 2. The standard InChI is InChI=1S/C14H13NO.ClH/c1-9(15)10-6-7-14-12(8-10)11-4-2-3-5-13(11)16-14;/h2-9H,15H2,1H3;1H/t9-;/m1./s1. The first kappa shape index (κ1) is 12.0. The van der Waals surface area contributed by atoms with Crippen molar-refractivity contribution in [2.75, 3.05) is 0 Å². The number of hydrogen-bond donors (Lipinski definition) is 1. The molecule has 3 heteroatoms. The van der Waals surface area contributed by atoms with Gasteiger partial charge < -0.3 is 10.2 Å². The van der Waals surface area contributed by atoms with Crippen molar-refractivity contribution in [1.29, 1.82) is 0 Å². The van der Waals surface area contributed by atoms with E-state index in [1.807, 2.05) is 37.3 Å². The van der Waals surface area contributed by atoms with Gasteiger partial charge in [0, 0.05) is 16.8 Å². The first-order valence-electron chi connectivity index (χ1n) is 5.42. The largest absolute Gasteiger partial charge is 0.456 e. The van der Waals surface area contributed by atoms with Crippen molar-refractivity contribution < 1.29 is 4.42 Å². The molecule has 1 aromatic heterocycles. The number of halogens is 1. The molecular weight excluding hydrogens is 234 g/mol. The fourth-order valence-electron chi connectivity index (χ4n) is 2.03. The molecule has 0 aliphatic carbocycles. The maximum atomic E-state index is 5.89. The van der Waals surface area contributed by atoms with Gasteiger partial charge >= 0.3 is 0 Å². The molecule has 3 aromatic rings. The van der Waals surface area contributed by atoms with Gasteiger partial charge in [0.25, 0.3) is 0 Å². The summed E-state index contributed by atoms with van der Waals surface area (Å²) in [6.07, 6.45) is 0. The highest BCUT2D eigenvalue weighted by atomic mass is 35.5. The minimum Gasteiger partial charge on any atom is -0.456 e. The van der Waals surface area contributed by atoms with Crippen LogP contribution in [0.5, 0.6) is 0 Å². The summed E-state index contributed by atoms with van der Waals surface area (Å²) >= 11 is 0. The van der Waals surface area contributed by atoms with Crippen LogP contribution in [0.1, 0.15) is 18.5 Å². The maximum absolute atomic E-state index is 5.89. The van der Waals surface area contributed by atoms with E-state index in [2.05, 4.69) is 12.1 Å². The average Bonchev–Trinajstić information content (AvgIpc) is 2.66. The van der Waals surface area contributed by atoms with E-state index in [4.69, 9.17) is 10.2 Å². The number of furan rings is 1. The molecule has 0 radical (unpaired) electrons. The predicted octanol–water partition coefficient (Wildman–Crippen LogP) is 4.03. The highest BCUT2D eigenvalue weighted by molar-refractivity contribution is 6.04. The number of benzene rings is 2. The Morgan fingerprint density at radius 3 is 2.47 bits per heavy atom. The predicted molar refractivity (Wildman–Crippen MR) is 73.6 cm³/mol. The Morgan fingerprint density at radius 2 is 1.71 bits per heavy atom. The number of rotatable bonds is 1. The molecule has 0 amide bonds. The Hall–Kier alpha value is -1.51. The van der Waals surface area contributed by atoms with Gasteiger partial charge in [-0.2, -0.15) is 0 Å². The van der Waals surface area contributed by atoms with Crippen molar-refractivity contribution in [3.05, 3.63) is 48.0 Å². The third kappa shape index (κ3) is 1.90. The Kier molecular flexibility index (Phi) is 3.09. The summed E-state index contributed by atoms with van der Waals surface area (Å²) in [5.41, 5.74) is 8.88. The minimum absolute atomic E-state index is 0. The Labute approximate surface area is 106 Å². The van der Waals surface area contributed by atoms with E-state index in [0.717, 1.165) is 27.5 Å². The van der Waals surface area contributed by atoms with Crippen LogP contribution in [0.15, 0.2) is 46.9 Å². The molecule has 3 rings (SSSR count). The van der Waals surface area contributed by atoms with E-state index < -0.39 is 0 Å². The van der Waals surface area contributed by atoms with E-state index in [9.17, 15) is 0 Å². The maximum Gasteiger partial charge on any atom is 0.135 e. The molecule has 0 bridgehead atoms.